The van der Waals surface area contributed by atoms with Crippen LogP contribution in [-0.2, 0) is 16.1 Å². The van der Waals surface area contributed by atoms with Crippen molar-refractivity contribution in [2.75, 3.05) is 13.2 Å². The predicted octanol–water partition coefficient (Wildman–Crippen LogP) is 6.72. The van der Waals surface area contributed by atoms with Gasteiger partial charge in [0.1, 0.15) is 12.4 Å². The first-order chi connectivity index (χ1) is 23.3. The summed E-state index contributed by atoms with van der Waals surface area (Å²) in [5, 5.41) is 2.30. The maximum absolute atomic E-state index is 14.1. The molecule has 9 heteroatoms. The van der Waals surface area contributed by atoms with Crippen molar-refractivity contribution in [2.45, 2.75) is 53.4 Å². The van der Waals surface area contributed by atoms with Crippen molar-refractivity contribution in [1.29, 1.82) is 0 Å². The molecular weight excluding hydrogens is 625 g/mol. The summed E-state index contributed by atoms with van der Waals surface area (Å²) in [5.41, 5.74) is 3.19. The lowest BCUT2D eigenvalue weighted by molar-refractivity contribution is -0.143. The van der Waals surface area contributed by atoms with Crippen LogP contribution in [0.5, 0.6) is 17.2 Å². The number of rotatable bonds is 11. The first-order valence-corrected chi connectivity index (χ1v) is 16.9. The third kappa shape index (κ3) is 6.78. The van der Waals surface area contributed by atoms with E-state index in [0.29, 0.717) is 57.7 Å². The summed E-state index contributed by atoms with van der Waals surface area (Å²) in [5.74, 6) is 1.40. The van der Waals surface area contributed by atoms with E-state index >= 15 is 0 Å². The van der Waals surface area contributed by atoms with Crippen molar-refractivity contribution in [3.8, 4) is 17.2 Å². The number of carbonyl (C=O) groups is 1. The van der Waals surface area contributed by atoms with Gasteiger partial charge in [0.15, 0.2) is 16.3 Å². The highest BCUT2D eigenvalue weighted by Gasteiger charge is 2.33. The minimum absolute atomic E-state index is 0.255. The number of nitrogens with zero attached hydrogens (tertiary/aromatic N) is 2. The lowest BCUT2D eigenvalue weighted by Crippen LogP contribution is -2.40. The molecule has 0 saturated heterocycles. The van der Waals surface area contributed by atoms with Crippen molar-refractivity contribution in [1.82, 2.24) is 4.57 Å². The second-order valence-corrected chi connectivity index (χ2v) is 12.6. The van der Waals surface area contributed by atoms with Crippen LogP contribution in [0.25, 0.3) is 16.8 Å². The van der Waals surface area contributed by atoms with Crippen LogP contribution in [0.1, 0.15) is 57.4 Å². The predicted molar refractivity (Wildman–Crippen MR) is 188 cm³/mol. The normalized spacial score (nSPS) is 14.5. The van der Waals surface area contributed by atoms with Crippen LogP contribution in [0, 0.1) is 0 Å². The Morgan fingerprint density at radius 3 is 2.42 bits per heavy atom. The van der Waals surface area contributed by atoms with Crippen LogP contribution in [0.2, 0.25) is 0 Å². The van der Waals surface area contributed by atoms with Gasteiger partial charge in [-0.1, -0.05) is 72.0 Å². The highest BCUT2D eigenvalue weighted by molar-refractivity contribution is 7.07. The Hall–Kier alpha value is -5.15. The molecule has 1 aromatic heterocycles. The summed E-state index contributed by atoms with van der Waals surface area (Å²) in [6, 6.07) is 26.8. The molecule has 0 saturated carbocycles. The van der Waals surface area contributed by atoms with Crippen molar-refractivity contribution in [3.05, 3.63) is 133 Å². The number of allylic oxidation sites excluding steroid dienone is 1. The molecule has 1 atom stereocenters. The number of fused-ring (bicyclic) bond motifs is 2. The Balaban J connectivity index is 1.37. The average molecular weight is 663 g/mol. The van der Waals surface area contributed by atoms with E-state index in [1.807, 2.05) is 80.6 Å². The zero-order chi connectivity index (χ0) is 33.8. The molecule has 6 rings (SSSR count). The van der Waals surface area contributed by atoms with Crippen LogP contribution in [0.15, 0.2) is 106 Å². The summed E-state index contributed by atoms with van der Waals surface area (Å²) in [7, 11) is 0. The maximum Gasteiger partial charge on any atom is 0.338 e. The van der Waals surface area contributed by atoms with Crippen LogP contribution in [-0.4, -0.2) is 29.9 Å². The number of hydrogen-bond acceptors (Lipinski definition) is 8. The SMILES string of the molecule is CCOc1ccc([C@@H]2C(C(=O)OC(C)C)=C(C)N=c3s/c(=C/c4ccc(OCc5cccc6ccccc56)c(OCC)c4)c(=O)n32)cc1. The molecule has 0 unspecified atom stereocenters. The lowest BCUT2D eigenvalue weighted by Gasteiger charge is -2.25. The minimum atomic E-state index is -0.714. The molecule has 0 N–H and O–H groups in total. The Morgan fingerprint density at radius 1 is 0.917 bits per heavy atom. The zero-order valence-corrected chi connectivity index (χ0v) is 28.5. The topological polar surface area (TPSA) is 88.4 Å². The van der Waals surface area contributed by atoms with E-state index in [9.17, 15) is 9.59 Å². The third-order valence-electron chi connectivity index (χ3n) is 7.92. The van der Waals surface area contributed by atoms with Crippen molar-refractivity contribution < 1.29 is 23.7 Å². The Kier molecular flexibility index (Phi) is 9.77. The monoisotopic (exact) mass is 662 g/mol. The maximum atomic E-state index is 14.1. The van der Waals surface area contributed by atoms with E-state index in [1.54, 1.807) is 25.3 Å². The van der Waals surface area contributed by atoms with E-state index in [4.69, 9.17) is 23.9 Å². The van der Waals surface area contributed by atoms with Crippen LogP contribution in [0.4, 0.5) is 0 Å². The first kappa shape index (κ1) is 32.8. The number of benzene rings is 4. The molecule has 0 bridgehead atoms. The van der Waals surface area contributed by atoms with Gasteiger partial charge in [-0.05, 0) is 92.4 Å². The Labute approximate surface area is 283 Å². The van der Waals surface area contributed by atoms with E-state index in [0.717, 1.165) is 27.5 Å². The molecule has 0 amide bonds. The Morgan fingerprint density at radius 2 is 1.67 bits per heavy atom. The van der Waals surface area contributed by atoms with Gasteiger partial charge in [0.25, 0.3) is 5.56 Å². The quantitative estimate of drug-likeness (QED) is 0.146. The molecule has 0 aliphatic carbocycles. The van der Waals surface area contributed by atoms with E-state index in [2.05, 4.69) is 24.3 Å². The summed E-state index contributed by atoms with van der Waals surface area (Å²) >= 11 is 1.28. The summed E-state index contributed by atoms with van der Waals surface area (Å²) in [6.07, 6.45) is 1.49. The van der Waals surface area contributed by atoms with Gasteiger partial charge in [0.05, 0.1) is 41.2 Å². The second kappa shape index (κ2) is 14.3. The fraction of sp³-hybridized carbons (Fsp3) is 0.256. The van der Waals surface area contributed by atoms with Crippen molar-refractivity contribution in [3.63, 3.8) is 0 Å². The largest absolute Gasteiger partial charge is 0.494 e. The first-order valence-electron chi connectivity index (χ1n) is 16.1. The number of carbonyl (C=O) groups excluding carboxylic acids is 1. The smallest absolute Gasteiger partial charge is 0.338 e. The molecule has 8 nitrogen and oxygen atoms in total. The number of aromatic nitrogens is 1. The summed E-state index contributed by atoms with van der Waals surface area (Å²) in [4.78, 5) is 32.8. The molecule has 48 heavy (non-hydrogen) atoms. The van der Waals surface area contributed by atoms with Gasteiger partial charge in [-0.15, -0.1) is 0 Å². The van der Waals surface area contributed by atoms with Gasteiger partial charge in [0.2, 0.25) is 0 Å². The van der Waals surface area contributed by atoms with Crippen molar-refractivity contribution in [2.24, 2.45) is 4.99 Å². The molecule has 0 spiro atoms. The van der Waals surface area contributed by atoms with Crippen molar-refractivity contribution >= 4 is 34.2 Å². The third-order valence-corrected chi connectivity index (χ3v) is 8.90. The zero-order valence-electron chi connectivity index (χ0n) is 27.7. The van der Waals surface area contributed by atoms with Gasteiger partial charge in [0, 0.05) is 0 Å². The number of hydrogen-bond donors (Lipinski definition) is 0. The van der Waals surface area contributed by atoms with E-state index in [-0.39, 0.29) is 11.7 Å². The number of thiazole rings is 1. The highest BCUT2D eigenvalue weighted by Crippen LogP contribution is 2.33. The average Bonchev–Trinajstić information content (AvgIpc) is 3.37. The molecule has 5 aromatic rings. The van der Waals surface area contributed by atoms with E-state index < -0.39 is 12.0 Å². The molecular formula is C39H38N2O6S. The molecule has 246 valence electrons. The highest BCUT2D eigenvalue weighted by atomic mass is 32.1. The van der Waals surface area contributed by atoms with Gasteiger partial charge >= 0.3 is 5.97 Å². The van der Waals surface area contributed by atoms with Gasteiger partial charge in [-0.3, -0.25) is 9.36 Å². The van der Waals surface area contributed by atoms with Crippen LogP contribution >= 0.6 is 11.3 Å². The van der Waals surface area contributed by atoms with E-state index in [1.165, 1.54) is 11.3 Å². The van der Waals surface area contributed by atoms with Crippen LogP contribution < -0.4 is 29.1 Å². The number of esters is 1. The summed E-state index contributed by atoms with van der Waals surface area (Å²) in [6.45, 7) is 10.6. The molecule has 1 aliphatic rings. The van der Waals surface area contributed by atoms with Gasteiger partial charge in [-0.2, -0.15) is 0 Å². The molecule has 0 fully saturated rings. The summed E-state index contributed by atoms with van der Waals surface area (Å²) < 4.78 is 25.6. The number of ether oxygens (including phenoxy) is 4. The fourth-order valence-electron chi connectivity index (χ4n) is 5.82. The standard InChI is InChI=1S/C39H38N2O6S/c1-6-44-30-18-16-28(17-19-30)36-35(38(43)47-24(3)4)25(5)40-39-41(36)37(42)34(48-39)22-26-15-20-32(33(21-26)45-7-2)46-23-29-13-10-12-27-11-8-9-14-31(27)29/h8-22,24,36H,6-7,23H2,1-5H3/b34-22+/t36-/m1/s1. The van der Waals surface area contributed by atoms with Crippen LogP contribution in [0.3, 0.4) is 0 Å². The molecule has 4 aromatic carbocycles. The molecule has 1 aliphatic heterocycles. The minimum Gasteiger partial charge on any atom is -0.494 e. The second-order valence-electron chi connectivity index (χ2n) is 11.6. The molecule has 2 heterocycles. The fourth-order valence-corrected chi connectivity index (χ4v) is 6.86. The van der Waals surface area contributed by atoms with Gasteiger partial charge in [-0.25, -0.2) is 9.79 Å². The lowest BCUT2D eigenvalue weighted by atomic mass is 9.96. The molecule has 0 radical (unpaired) electrons. The van der Waals surface area contributed by atoms with Gasteiger partial charge < -0.3 is 18.9 Å². The Bertz CT molecular complexity index is 2170.